The molecule has 10 heteroatoms. The van der Waals surface area contributed by atoms with Gasteiger partial charge in [0.05, 0.1) is 6.61 Å². The zero-order chi connectivity index (χ0) is 23.2. The lowest BCUT2D eigenvalue weighted by atomic mass is 9.84. The van der Waals surface area contributed by atoms with Gasteiger partial charge in [0, 0.05) is 13.5 Å². The van der Waals surface area contributed by atoms with Gasteiger partial charge >= 0.3 is 6.09 Å². The van der Waals surface area contributed by atoms with Gasteiger partial charge < -0.3 is 24.5 Å². The summed E-state index contributed by atoms with van der Waals surface area (Å²) < 4.78 is 12.0. The molecule has 2 fully saturated rings. The average Bonchev–Trinajstić information content (AvgIpc) is 3.23. The molecule has 2 aliphatic heterocycles. The summed E-state index contributed by atoms with van der Waals surface area (Å²) >= 11 is 0. The molecule has 3 heterocycles. The second-order valence-corrected chi connectivity index (χ2v) is 9.11. The van der Waals surface area contributed by atoms with Gasteiger partial charge in [-0.25, -0.2) is 9.78 Å². The summed E-state index contributed by atoms with van der Waals surface area (Å²) in [5, 5.41) is 11.9. The van der Waals surface area contributed by atoms with Gasteiger partial charge in [0.15, 0.2) is 5.58 Å². The molecule has 2 aliphatic rings. The number of ether oxygens (including phenoxy) is 1. The molecular formula is C22H28N4O6. The molecule has 172 valence electrons. The number of fused-ring (bicyclic) bond motifs is 2. The van der Waals surface area contributed by atoms with E-state index in [9.17, 15) is 14.4 Å². The second-order valence-electron chi connectivity index (χ2n) is 9.11. The van der Waals surface area contributed by atoms with Crippen LogP contribution in [0.1, 0.15) is 45.5 Å². The fourth-order valence-corrected chi connectivity index (χ4v) is 4.46. The summed E-state index contributed by atoms with van der Waals surface area (Å²) in [5.74, 6) is -0.394. The Kier molecular flexibility index (Phi) is 5.58. The number of carbonyl (C=O) groups is 3. The third-order valence-corrected chi connectivity index (χ3v) is 6.42. The van der Waals surface area contributed by atoms with Gasteiger partial charge in [0.25, 0.3) is 0 Å². The summed E-state index contributed by atoms with van der Waals surface area (Å²) in [4.78, 5) is 44.6. The average molecular weight is 444 g/mol. The number of carbonyl (C=O) groups excluding carboxylic acids is 2. The predicted molar refractivity (Wildman–Crippen MR) is 114 cm³/mol. The molecular weight excluding hydrogens is 416 g/mol. The number of nitrogens with one attached hydrogen (secondary N) is 1. The van der Waals surface area contributed by atoms with Gasteiger partial charge in [0.1, 0.15) is 29.9 Å². The molecule has 0 radical (unpaired) electrons. The SMILES string of the molecule is CC(C(=O)N[C@H]1CCO[C@H]2CC(C)(C)C(c3nc4ccccc4o3)N2C1=O)N(C)C(=O)O. The molecule has 2 aromatic rings. The highest BCUT2D eigenvalue weighted by Gasteiger charge is 2.54. The van der Waals surface area contributed by atoms with Crippen molar-refractivity contribution in [2.75, 3.05) is 13.7 Å². The molecule has 2 unspecified atom stereocenters. The van der Waals surface area contributed by atoms with Crippen LogP contribution in [0.25, 0.3) is 11.1 Å². The standard InChI is InChI=1S/C22H28N4O6/c1-12(25(4)21(29)30)18(27)23-14-9-10-31-16-11-22(2,3)17(26(16)20(14)28)19-24-13-7-5-6-8-15(13)32-19/h5-8,12,14,16-17H,9-11H2,1-4H3,(H,23,27)(H,29,30)/t12?,14-,16-,17?/m0/s1. The lowest BCUT2D eigenvalue weighted by molar-refractivity contribution is -0.145. The maximum absolute atomic E-state index is 13.6. The van der Waals surface area contributed by atoms with Crippen LogP contribution in [0.3, 0.4) is 0 Å². The van der Waals surface area contributed by atoms with Gasteiger partial charge in [-0.1, -0.05) is 26.0 Å². The fraction of sp³-hybridized carbons (Fsp3) is 0.545. The molecule has 4 rings (SSSR count). The van der Waals surface area contributed by atoms with E-state index in [0.29, 0.717) is 29.8 Å². The molecule has 4 atom stereocenters. The first kappa shape index (κ1) is 22.1. The molecule has 3 amide bonds. The van der Waals surface area contributed by atoms with Crippen LogP contribution in [0.15, 0.2) is 28.7 Å². The van der Waals surface area contributed by atoms with Crippen LogP contribution in [0, 0.1) is 5.41 Å². The van der Waals surface area contributed by atoms with E-state index in [2.05, 4.69) is 10.3 Å². The van der Waals surface area contributed by atoms with E-state index in [1.807, 2.05) is 38.1 Å². The zero-order valence-electron chi connectivity index (χ0n) is 18.6. The van der Waals surface area contributed by atoms with Crippen molar-refractivity contribution in [2.24, 2.45) is 5.41 Å². The van der Waals surface area contributed by atoms with Gasteiger partial charge in [-0.05, 0) is 30.9 Å². The topological polar surface area (TPSA) is 125 Å². The number of aromatic nitrogens is 1. The van der Waals surface area contributed by atoms with Crippen LogP contribution in [0.2, 0.25) is 0 Å². The van der Waals surface area contributed by atoms with Gasteiger partial charge in [-0.15, -0.1) is 0 Å². The Hall–Kier alpha value is -3.14. The number of oxazole rings is 1. The molecule has 32 heavy (non-hydrogen) atoms. The molecule has 1 aromatic heterocycles. The number of rotatable bonds is 4. The molecule has 0 bridgehead atoms. The third kappa shape index (κ3) is 3.79. The molecule has 0 aliphatic carbocycles. The summed E-state index contributed by atoms with van der Waals surface area (Å²) in [7, 11) is 1.31. The normalized spacial score (nSPS) is 25.8. The maximum atomic E-state index is 13.6. The summed E-state index contributed by atoms with van der Waals surface area (Å²) in [5.41, 5.74) is 0.977. The highest BCUT2D eigenvalue weighted by atomic mass is 16.5. The number of hydrogen-bond acceptors (Lipinski definition) is 6. The number of benzene rings is 1. The minimum atomic E-state index is -1.22. The number of carboxylic acid groups (broad SMARTS) is 1. The summed E-state index contributed by atoms with van der Waals surface area (Å²) in [6.07, 6.45) is -0.790. The van der Waals surface area contributed by atoms with Crippen LogP contribution in [0.5, 0.6) is 0 Å². The van der Waals surface area contributed by atoms with Gasteiger partial charge in [-0.2, -0.15) is 0 Å². The van der Waals surface area contributed by atoms with Crippen molar-refractivity contribution in [3.05, 3.63) is 30.2 Å². The van der Waals surface area contributed by atoms with Crippen LogP contribution in [-0.4, -0.2) is 69.8 Å². The predicted octanol–water partition coefficient (Wildman–Crippen LogP) is 2.36. The Morgan fingerprint density at radius 3 is 2.75 bits per heavy atom. The highest BCUT2D eigenvalue weighted by molar-refractivity contribution is 5.91. The van der Waals surface area contributed by atoms with E-state index in [4.69, 9.17) is 14.3 Å². The van der Waals surface area contributed by atoms with Crippen molar-refractivity contribution in [1.29, 1.82) is 0 Å². The Bertz CT molecular complexity index is 1020. The first-order valence-corrected chi connectivity index (χ1v) is 10.7. The van der Waals surface area contributed by atoms with Crippen molar-refractivity contribution in [3.63, 3.8) is 0 Å². The number of nitrogens with zero attached hydrogens (tertiary/aromatic N) is 3. The van der Waals surface area contributed by atoms with Crippen molar-refractivity contribution < 1.29 is 28.6 Å². The van der Waals surface area contributed by atoms with E-state index in [-0.39, 0.29) is 17.9 Å². The third-order valence-electron chi connectivity index (χ3n) is 6.42. The Balaban J connectivity index is 1.62. The van der Waals surface area contributed by atoms with E-state index in [1.165, 1.54) is 14.0 Å². The molecule has 1 aromatic carbocycles. The monoisotopic (exact) mass is 444 g/mol. The summed E-state index contributed by atoms with van der Waals surface area (Å²) in [6, 6.07) is 5.17. The van der Waals surface area contributed by atoms with E-state index < -0.39 is 36.4 Å². The van der Waals surface area contributed by atoms with E-state index >= 15 is 0 Å². The number of para-hydroxylation sites is 2. The fourth-order valence-electron chi connectivity index (χ4n) is 4.46. The van der Waals surface area contributed by atoms with Crippen molar-refractivity contribution >= 4 is 29.0 Å². The molecule has 2 saturated heterocycles. The smallest absolute Gasteiger partial charge is 0.407 e. The zero-order valence-corrected chi connectivity index (χ0v) is 18.6. The Morgan fingerprint density at radius 1 is 1.34 bits per heavy atom. The van der Waals surface area contributed by atoms with Crippen LogP contribution in [0.4, 0.5) is 4.79 Å². The van der Waals surface area contributed by atoms with Crippen LogP contribution >= 0.6 is 0 Å². The Morgan fingerprint density at radius 2 is 2.06 bits per heavy atom. The number of amides is 3. The van der Waals surface area contributed by atoms with Crippen LogP contribution in [-0.2, 0) is 14.3 Å². The first-order valence-electron chi connectivity index (χ1n) is 10.7. The highest BCUT2D eigenvalue weighted by Crippen LogP contribution is 2.51. The van der Waals surface area contributed by atoms with Crippen LogP contribution < -0.4 is 5.32 Å². The second kappa shape index (κ2) is 8.09. The lowest BCUT2D eigenvalue weighted by Gasteiger charge is -2.32. The first-order chi connectivity index (χ1) is 15.1. The minimum Gasteiger partial charge on any atom is -0.465 e. The van der Waals surface area contributed by atoms with E-state index in [1.54, 1.807) is 4.90 Å². The number of likely N-dealkylation sites (N-methyl/N-ethyl adjacent to an activating group) is 1. The Labute approximate surface area is 185 Å². The maximum Gasteiger partial charge on any atom is 0.407 e. The largest absolute Gasteiger partial charge is 0.465 e. The minimum absolute atomic E-state index is 0.288. The van der Waals surface area contributed by atoms with Crippen molar-refractivity contribution in [2.45, 2.75) is 58.0 Å². The molecule has 2 N–H and O–H groups in total. The van der Waals surface area contributed by atoms with Crippen molar-refractivity contribution in [3.8, 4) is 0 Å². The van der Waals surface area contributed by atoms with Crippen molar-refractivity contribution in [1.82, 2.24) is 20.1 Å². The molecule has 0 saturated carbocycles. The van der Waals surface area contributed by atoms with Gasteiger partial charge in [0.2, 0.25) is 17.7 Å². The molecule has 0 spiro atoms. The molecule has 10 nitrogen and oxygen atoms in total. The lowest BCUT2D eigenvalue weighted by Crippen LogP contribution is -2.54. The summed E-state index contributed by atoms with van der Waals surface area (Å²) in [6.45, 7) is 5.84. The number of hydrogen-bond donors (Lipinski definition) is 2. The van der Waals surface area contributed by atoms with E-state index in [0.717, 1.165) is 4.90 Å². The quantitative estimate of drug-likeness (QED) is 0.741. The van der Waals surface area contributed by atoms with Gasteiger partial charge in [-0.3, -0.25) is 14.5 Å².